The lowest BCUT2D eigenvalue weighted by molar-refractivity contribution is -0.141. The monoisotopic (exact) mass is 861 g/mol. The zero-order valence-electron chi connectivity index (χ0n) is 36.3. The molecule has 16 nitrogen and oxygen atoms in total. The summed E-state index contributed by atoms with van der Waals surface area (Å²) in [5.41, 5.74) is 21.4. The fourth-order valence-electron chi connectivity index (χ4n) is 7.79. The molecule has 2 aliphatic rings. The van der Waals surface area contributed by atoms with Crippen LogP contribution < -0.4 is 47.9 Å². The Morgan fingerprint density at radius 3 is 2.22 bits per heavy atom. The van der Waals surface area contributed by atoms with Crippen molar-refractivity contribution in [1.29, 1.82) is 5.26 Å². The van der Waals surface area contributed by atoms with Gasteiger partial charge in [-0.2, -0.15) is 5.26 Å². The number of benzene rings is 3. The lowest BCUT2D eigenvalue weighted by Gasteiger charge is -2.32. The smallest absolute Gasteiger partial charge is 0.252 e. The van der Waals surface area contributed by atoms with Crippen LogP contribution in [-0.2, 0) is 25.6 Å². The van der Waals surface area contributed by atoms with Gasteiger partial charge in [-0.3, -0.25) is 24.0 Å². The minimum absolute atomic E-state index is 0.0127. The van der Waals surface area contributed by atoms with Gasteiger partial charge < -0.3 is 52.8 Å². The van der Waals surface area contributed by atoms with E-state index in [1.54, 1.807) is 48.5 Å². The largest absolute Gasteiger partial charge is 0.492 e. The van der Waals surface area contributed by atoms with Crippen LogP contribution in [0.1, 0.15) is 84.1 Å². The van der Waals surface area contributed by atoms with E-state index in [4.69, 9.17) is 31.9 Å². The van der Waals surface area contributed by atoms with E-state index in [1.165, 1.54) is 38.1 Å². The summed E-state index contributed by atoms with van der Waals surface area (Å²) < 4.78 is 12.2. The Balaban J connectivity index is 1.55. The first-order valence-corrected chi connectivity index (χ1v) is 21.5. The van der Waals surface area contributed by atoms with E-state index in [1.807, 2.05) is 19.1 Å². The van der Waals surface area contributed by atoms with Gasteiger partial charge in [0, 0.05) is 54.7 Å². The third-order valence-corrected chi connectivity index (χ3v) is 11.1. The van der Waals surface area contributed by atoms with Crippen LogP contribution in [0.15, 0.2) is 54.6 Å². The maximum absolute atomic E-state index is 14.6. The lowest BCUT2D eigenvalue weighted by Crippen LogP contribution is -2.56. The SMILES string of the molecule is Cc1cc(C#CC2CCCCC2)ccc1C(=O)N[C@@H](CCN)C(=O)N(C)[C@@H]1C(=O)N[C@@H](C)C(=O)N[C@H](C(=O)NCC#N)Cc2ccc(OCCN)c(c2)-c2cc1ccc2OCCN. The standard InChI is InChI=1S/C47H59N9O7/c1-29-25-32(10-9-31-7-5-4-6-8-31)11-14-35(29)44(58)54-38(17-18-48)47(61)56(3)42-34-13-16-41(63-24-21-51)37(28-34)36-26-33(12-15-40(36)62-23-20-50)27-39(45(59)52-22-19-49)55-43(57)30(2)53-46(42)60/h11-16,25-26,28,30-31,38-39,42H,4-8,17-18,20-24,27,48,50-51H2,1-3H3,(H,52,59)(H,53,60)(H,54,58)(H,55,57)/t30-,38-,39-,42-/m0/s1. The highest BCUT2D eigenvalue weighted by molar-refractivity contribution is 6.00. The summed E-state index contributed by atoms with van der Waals surface area (Å²) in [6, 6.07) is 12.6. The molecule has 0 saturated heterocycles. The molecule has 0 aromatic heterocycles. The molecule has 1 fully saturated rings. The maximum Gasteiger partial charge on any atom is 0.252 e. The van der Waals surface area contributed by atoms with Gasteiger partial charge in [0.15, 0.2) is 0 Å². The van der Waals surface area contributed by atoms with Crippen molar-refractivity contribution in [3.8, 4) is 40.5 Å². The van der Waals surface area contributed by atoms with Crippen molar-refractivity contribution in [2.75, 3.05) is 46.4 Å². The number of amides is 5. The first kappa shape index (κ1) is 47.6. The van der Waals surface area contributed by atoms with E-state index >= 15 is 0 Å². The van der Waals surface area contributed by atoms with E-state index < -0.39 is 53.7 Å². The molecule has 1 aliphatic heterocycles. The van der Waals surface area contributed by atoms with Crippen LogP contribution in [0.3, 0.4) is 0 Å². The van der Waals surface area contributed by atoms with Crippen molar-refractivity contribution >= 4 is 29.5 Å². The number of hydrogen-bond acceptors (Lipinski definition) is 11. The zero-order valence-corrected chi connectivity index (χ0v) is 36.3. The van der Waals surface area contributed by atoms with Crippen LogP contribution in [0.4, 0.5) is 0 Å². The second kappa shape index (κ2) is 23.1. The average Bonchev–Trinajstić information content (AvgIpc) is 3.28. The van der Waals surface area contributed by atoms with E-state index in [9.17, 15) is 24.0 Å². The molecule has 1 heterocycles. The number of hydrogen-bond donors (Lipinski definition) is 7. The number of likely N-dealkylation sites (N-methyl/N-ethyl adjacent to an activating group) is 1. The Kier molecular flexibility index (Phi) is 17.5. The summed E-state index contributed by atoms with van der Waals surface area (Å²) in [5, 5.41) is 19.9. The van der Waals surface area contributed by atoms with E-state index in [0.717, 1.165) is 18.4 Å². The molecular formula is C47H59N9O7. The minimum Gasteiger partial charge on any atom is -0.492 e. The van der Waals surface area contributed by atoms with Gasteiger partial charge in [0.05, 0.1) is 6.07 Å². The van der Waals surface area contributed by atoms with Gasteiger partial charge >= 0.3 is 0 Å². The molecule has 5 amide bonds. The molecule has 0 unspecified atom stereocenters. The van der Waals surface area contributed by atoms with Crippen LogP contribution in [0.5, 0.6) is 11.5 Å². The molecule has 1 aliphatic carbocycles. The molecule has 3 aromatic carbocycles. The average molecular weight is 862 g/mol. The van der Waals surface area contributed by atoms with Crippen molar-refractivity contribution < 1.29 is 33.4 Å². The Bertz CT molecular complexity index is 2240. The van der Waals surface area contributed by atoms with E-state index in [2.05, 4.69) is 33.1 Å². The van der Waals surface area contributed by atoms with Crippen molar-refractivity contribution in [3.05, 3.63) is 82.4 Å². The van der Waals surface area contributed by atoms with Gasteiger partial charge in [0.2, 0.25) is 23.6 Å². The fourth-order valence-corrected chi connectivity index (χ4v) is 7.79. The molecule has 334 valence electrons. The lowest BCUT2D eigenvalue weighted by atomic mass is 9.89. The van der Waals surface area contributed by atoms with Crippen molar-refractivity contribution in [2.24, 2.45) is 23.1 Å². The summed E-state index contributed by atoms with van der Waals surface area (Å²) in [5.74, 6) is 4.66. The van der Waals surface area contributed by atoms with E-state index in [-0.39, 0.29) is 52.2 Å². The Morgan fingerprint density at radius 1 is 0.889 bits per heavy atom. The summed E-state index contributed by atoms with van der Waals surface area (Å²) in [6.45, 7) is 3.72. The van der Waals surface area contributed by atoms with Gasteiger partial charge in [0.1, 0.15) is 55.4 Å². The zero-order chi connectivity index (χ0) is 45.5. The topological polar surface area (TPSA) is 257 Å². The third-order valence-electron chi connectivity index (χ3n) is 11.1. The van der Waals surface area contributed by atoms with E-state index in [0.29, 0.717) is 50.8 Å². The highest BCUT2D eigenvalue weighted by Crippen LogP contribution is 2.40. The van der Waals surface area contributed by atoms with Gasteiger partial charge in [0.25, 0.3) is 5.91 Å². The first-order chi connectivity index (χ1) is 30.4. The second-order valence-corrected chi connectivity index (χ2v) is 15.8. The van der Waals surface area contributed by atoms with Crippen molar-refractivity contribution in [2.45, 2.75) is 83.0 Å². The quantitative estimate of drug-likeness (QED) is 0.0913. The number of carbonyl (C=O) groups is 5. The molecular weight excluding hydrogens is 803 g/mol. The predicted molar refractivity (Wildman–Crippen MR) is 238 cm³/mol. The van der Waals surface area contributed by atoms with Crippen LogP contribution in [-0.4, -0.2) is 99.0 Å². The van der Waals surface area contributed by atoms with Crippen LogP contribution >= 0.6 is 0 Å². The second-order valence-electron chi connectivity index (χ2n) is 15.8. The van der Waals surface area contributed by atoms with Crippen LogP contribution in [0.2, 0.25) is 0 Å². The number of aryl methyl sites for hydroxylation is 1. The third kappa shape index (κ3) is 12.6. The molecule has 4 atom stereocenters. The number of nitriles is 1. The highest BCUT2D eigenvalue weighted by atomic mass is 16.5. The minimum atomic E-state index is -1.37. The van der Waals surface area contributed by atoms with Gasteiger partial charge in [-0.15, -0.1) is 0 Å². The molecule has 63 heavy (non-hydrogen) atoms. The first-order valence-electron chi connectivity index (χ1n) is 21.5. The summed E-state index contributed by atoms with van der Waals surface area (Å²) in [6.07, 6.45) is 5.85. The summed E-state index contributed by atoms with van der Waals surface area (Å²) >= 11 is 0. The van der Waals surface area contributed by atoms with Gasteiger partial charge in [-0.25, -0.2) is 0 Å². The molecule has 3 aromatic rings. The Labute approximate surface area is 369 Å². The number of fused-ring (bicyclic) bond motifs is 5. The molecule has 1 saturated carbocycles. The van der Waals surface area contributed by atoms with Crippen molar-refractivity contribution in [3.63, 3.8) is 0 Å². The highest BCUT2D eigenvalue weighted by Gasteiger charge is 2.36. The van der Waals surface area contributed by atoms with Gasteiger partial charge in [-0.1, -0.05) is 43.2 Å². The fraction of sp³-hybridized carbons (Fsp3) is 0.447. The summed E-state index contributed by atoms with van der Waals surface area (Å²) in [4.78, 5) is 71.2. The molecule has 10 N–H and O–H groups in total. The number of rotatable bonds is 14. The molecule has 5 rings (SSSR count). The Morgan fingerprint density at radius 2 is 1.57 bits per heavy atom. The Hall–Kier alpha value is -6.46. The van der Waals surface area contributed by atoms with Crippen LogP contribution in [0, 0.1) is 36.0 Å². The summed E-state index contributed by atoms with van der Waals surface area (Å²) in [7, 11) is 1.44. The molecule has 4 bridgehead atoms. The normalized spacial score (nSPS) is 18.1. The number of carbonyl (C=O) groups excluding carboxylic acids is 5. The van der Waals surface area contributed by atoms with Gasteiger partial charge in [-0.05, 0) is 98.8 Å². The van der Waals surface area contributed by atoms with Crippen molar-refractivity contribution in [1.82, 2.24) is 26.2 Å². The predicted octanol–water partition coefficient (Wildman–Crippen LogP) is 2.10. The number of nitrogens with two attached hydrogens (primary N) is 3. The number of ether oxygens (including phenoxy) is 2. The van der Waals surface area contributed by atoms with Crippen LogP contribution in [0.25, 0.3) is 11.1 Å². The molecule has 0 radical (unpaired) electrons. The maximum atomic E-state index is 14.6. The molecule has 16 heteroatoms. The number of nitrogens with one attached hydrogen (secondary N) is 4. The number of nitrogens with zero attached hydrogens (tertiary/aromatic N) is 2. The molecule has 0 spiro atoms.